The highest BCUT2D eigenvalue weighted by Crippen LogP contribution is 2.34. The SMILES string of the molecule is CC(=O)N(CC(=O)N1c2ccccc2CC1C)c1c(C)cccc1C(C)C. The molecule has 1 atom stereocenters. The first-order valence-electron chi connectivity index (χ1n) is 9.58. The molecular weight excluding hydrogens is 336 g/mol. The molecule has 2 amide bonds. The Labute approximate surface area is 161 Å². The molecule has 0 N–H and O–H groups in total. The van der Waals surface area contributed by atoms with Crippen LogP contribution in [-0.4, -0.2) is 24.4 Å². The molecule has 1 unspecified atom stereocenters. The highest BCUT2D eigenvalue weighted by molar-refractivity contribution is 6.05. The molecule has 4 nitrogen and oxygen atoms in total. The van der Waals surface area contributed by atoms with Gasteiger partial charge < -0.3 is 9.80 Å². The number of amides is 2. The fraction of sp³-hybridized carbons (Fsp3) is 0.391. The zero-order valence-corrected chi connectivity index (χ0v) is 16.8. The molecule has 3 rings (SSSR count). The molecule has 1 aliphatic heterocycles. The minimum Gasteiger partial charge on any atom is -0.307 e. The second-order valence-electron chi connectivity index (χ2n) is 7.72. The van der Waals surface area contributed by atoms with E-state index in [2.05, 4.69) is 26.8 Å². The summed E-state index contributed by atoms with van der Waals surface area (Å²) in [7, 11) is 0. The summed E-state index contributed by atoms with van der Waals surface area (Å²) >= 11 is 0. The topological polar surface area (TPSA) is 40.6 Å². The summed E-state index contributed by atoms with van der Waals surface area (Å²) < 4.78 is 0. The van der Waals surface area contributed by atoms with Crippen molar-refractivity contribution in [1.82, 2.24) is 0 Å². The van der Waals surface area contributed by atoms with Crippen LogP contribution >= 0.6 is 0 Å². The van der Waals surface area contributed by atoms with E-state index < -0.39 is 0 Å². The molecule has 0 saturated heterocycles. The number of fused-ring (bicyclic) bond motifs is 1. The number of hydrogen-bond donors (Lipinski definition) is 0. The molecule has 4 heteroatoms. The largest absolute Gasteiger partial charge is 0.307 e. The van der Waals surface area contributed by atoms with Crippen molar-refractivity contribution in [2.24, 2.45) is 0 Å². The summed E-state index contributed by atoms with van der Waals surface area (Å²) in [4.78, 5) is 29.2. The minimum absolute atomic E-state index is 0.0411. The van der Waals surface area contributed by atoms with Crippen LogP contribution in [0.15, 0.2) is 42.5 Å². The predicted molar refractivity (Wildman–Crippen MR) is 110 cm³/mol. The van der Waals surface area contributed by atoms with Gasteiger partial charge in [0.15, 0.2) is 0 Å². The molecule has 142 valence electrons. The third-order valence-electron chi connectivity index (χ3n) is 5.31. The van der Waals surface area contributed by atoms with E-state index in [9.17, 15) is 9.59 Å². The van der Waals surface area contributed by atoms with Gasteiger partial charge in [-0.15, -0.1) is 0 Å². The van der Waals surface area contributed by atoms with Crippen LogP contribution in [0.3, 0.4) is 0 Å². The summed E-state index contributed by atoms with van der Waals surface area (Å²) in [6.45, 7) is 9.86. The number of hydrogen-bond acceptors (Lipinski definition) is 2. The first-order valence-corrected chi connectivity index (χ1v) is 9.58. The molecule has 0 aliphatic carbocycles. The average molecular weight is 364 g/mol. The molecular formula is C23H28N2O2. The zero-order valence-electron chi connectivity index (χ0n) is 16.8. The monoisotopic (exact) mass is 364 g/mol. The van der Waals surface area contributed by atoms with E-state index in [0.29, 0.717) is 0 Å². The third kappa shape index (κ3) is 3.61. The maximum Gasteiger partial charge on any atom is 0.247 e. The van der Waals surface area contributed by atoms with E-state index in [1.165, 1.54) is 12.5 Å². The molecule has 0 fully saturated rings. The molecule has 0 saturated carbocycles. The van der Waals surface area contributed by atoms with E-state index in [4.69, 9.17) is 0 Å². The van der Waals surface area contributed by atoms with Gasteiger partial charge in [-0.05, 0) is 48.9 Å². The van der Waals surface area contributed by atoms with Gasteiger partial charge in [-0.3, -0.25) is 9.59 Å². The smallest absolute Gasteiger partial charge is 0.247 e. The molecule has 2 aromatic carbocycles. The van der Waals surface area contributed by atoms with Gasteiger partial charge in [0.25, 0.3) is 0 Å². The first-order chi connectivity index (χ1) is 12.8. The van der Waals surface area contributed by atoms with E-state index in [-0.39, 0.29) is 30.3 Å². The van der Waals surface area contributed by atoms with Crippen molar-refractivity contribution in [3.05, 3.63) is 59.2 Å². The van der Waals surface area contributed by atoms with Crippen LogP contribution < -0.4 is 9.80 Å². The van der Waals surface area contributed by atoms with E-state index in [1.54, 1.807) is 4.90 Å². The van der Waals surface area contributed by atoms with Gasteiger partial charge in [0, 0.05) is 18.7 Å². The van der Waals surface area contributed by atoms with Gasteiger partial charge in [0.05, 0.1) is 5.69 Å². The van der Waals surface area contributed by atoms with Crippen LogP contribution in [0.5, 0.6) is 0 Å². The van der Waals surface area contributed by atoms with E-state index in [1.807, 2.05) is 48.2 Å². The Hall–Kier alpha value is -2.62. The zero-order chi connectivity index (χ0) is 19.7. The number of nitrogens with zero attached hydrogens (tertiary/aromatic N) is 2. The maximum absolute atomic E-state index is 13.2. The summed E-state index contributed by atoms with van der Waals surface area (Å²) in [5, 5.41) is 0. The van der Waals surface area contributed by atoms with Crippen molar-refractivity contribution >= 4 is 23.2 Å². The summed E-state index contributed by atoms with van der Waals surface area (Å²) in [5.74, 6) is 0.114. The van der Waals surface area contributed by atoms with Crippen molar-refractivity contribution in [1.29, 1.82) is 0 Å². The Morgan fingerprint density at radius 2 is 1.85 bits per heavy atom. The van der Waals surface area contributed by atoms with E-state index in [0.717, 1.165) is 28.9 Å². The summed E-state index contributed by atoms with van der Waals surface area (Å²) in [5.41, 5.74) is 5.12. The number of para-hydroxylation sites is 2. The Bertz CT molecular complexity index is 872. The quantitative estimate of drug-likeness (QED) is 0.804. The first kappa shape index (κ1) is 19.2. The van der Waals surface area contributed by atoms with Crippen LogP contribution in [0.4, 0.5) is 11.4 Å². The van der Waals surface area contributed by atoms with Gasteiger partial charge in [0.1, 0.15) is 6.54 Å². The highest BCUT2D eigenvalue weighted by Gasteiger charge is 2.32. The fourth-order valence-electron chi connectivity index (χ4n) is 4.02. The lowest BCUT2D eigenvalue weighted by atomic mass is 9.97. The lowest BCUT2D eigenvalue weighted by molar-refractivity contribution is -0.121. The number of carbonyl (C=O) groups is 2. The number of aryl methyl sites for hydroxylation is 1. The number of benzene rings is 2. The highest BCUT2D eigenvalue weighted by atomic mass is 16.2. The molecule has 1 heterocycles. The average Bonchev–Trinajstić information content (AvgIpc) is 2.95. The van der Waals surface area contributed by atoms with Crippen molar-refractivity contribution in [3.8, 4) is 0 Å². The van der Waals surface area contributed by atoms with Gasteiger partial charge in [-0.25, -0.2) is 0 Å². The van der Waals surface area contributed by atoms with Crippen LogP contribution in [0.2, 0.25) is 0 Å². The molecule has 27 heavy (non-hydrogen) atoms. The molecule has 0 spiro atoms. The summed E-state index contributed by atoms with van der Waals surface area (Å²) in [6.07, 6.45) is 0.851. The molecule has 0 aromatic heterocycles. The normalized spacial score (nSPS) is 15.8. The number of anilines is 2. The Balaban J connectivity index is 1.95. The van der Waals surface area contributed by atoms with Crippen molar-refractivity contribution in [3.63, 3.8) is 0 Å². The number of carbonyl (C=O) groups excluding carboxylic acids is 2. The van der Waals surface area contributed by atoms with Crippen LogP contribution in [0.1, 0.15) is 50.3 Å². The van der Waals surface area contributed by atoms with Gasteiger partial charge in [-0.2, -0.15) is 0 Å². The second-order valence-corrected chi connectivity index (χ2v) is 7.72. The van der Waals surface area contributed by atoms with Gasteiger partial charge in [0.2, 0.25) is 11.8 Å². The van der Waals surface area contributed by atoms with E-state index >= 15 is 0 Å². The van der Waals surface area contributed by atoms with Crippen molar-refractivity contribution < 1.29 is 9.59 Å². The Morgan fingerprint density at radius 3 is 2.52 bits per heavy atom. The van der Waals surface area contributed by atoms with Gasteiger partial charge >= 0.3 is 0 Å². The summed E-state index contributed by atoms with van der Waals surface area (Å²) in [6, 6.07) is 14.2. The molecule has 0 bridgehead atoms. The molecule has 2 aromatic rings. The third-order valence-corrected chi connectivity index (χ3v) is 5.31. The Morgan fingerprint density at radius 1 is 1.15 bits per heavy atom. The predicted octanol–water partition coefficient (Wildman–Crippen LogP) is 4.45. The molecule has 1 aliphatic rings. The van der Waals surface area contributed by atoms with Crippen LogP contribution in [0, 0.1) is 6.92 Å². The van der Waals surface area contributed by atoms with Crippen molar-refractivity contribution in [2.45, 2.75) is 53.0 Å². The van der Waals surface area contributed by atoms with Gasteiger partial charge in [-0.1, -0.05) is 50.2 Å². The van der Waals surface area contributed by atoms with Crippen LogP contribution in [-0.2, 0) is 16.0 Å². The van der Waals surface area contributed by atoms with Crippen molar-refractivity contribution in [2.75, 3.05) is 16.3 Å². The number of rotatable bonds is 4. The maximum atomic E-state index is 13.2. The fourth-order valence-corrected chi connectivity index (χ4v) is 4.02. The minimum atomic E-state index is -0.111. The lowest BCUT2D eigenvalue weighted by Gasteiger charge is -2.30. The lowest BCUT2D eigenvalue weighted by Crippen LogP contribution is -2.45. The van der Waals surface area contributed by atoms with Crippen LogP contribution in [0.25, 0.3) is 0 Å². The molecule has 0 radical (unpaired) electrons. The Kier molecular flexibility index (Phi) is 5.36. The standard InChI is InChI=1S/C23H28N2O2/c1-15(2)20-11-8-9-16(3)23(20)24(18(5)26)14-22(27)25-17(4)13-19-10-6-7-12-21(19)25/h6-12,15,17H,13-14H2,1-5H3. The second kappa shape index (κ2) is 7.55.